The lowest BCUT2D eigenvalue weighted by Gasteiger charge is -2.12. The monoisotopic (exact) mass is 348 g/mol. The van der Waals surface area contributed by atoms with Crippen LogP contribution in [0.1, 0.15) is 25.3 Å². The molecule has 0 heteroatoms. The van der Waals surface area contributed by atoms with Crippen molar-refractivity contribution in [2.24, 2.45) is 0 Å². The van der Waals surface area contributed by atoms with Gasteiger partial charge in [0.05, 0.1) is 0 Å². The summed E-state index contributed by atoms with van der Waals surface area (Å²) < 4.78 is 0. The summed E-state index contributed by atoms with van der Waals surface area (Å²) in [7, 11) is 0. The topological polar surface area (TPSA) is 0 Å². The fourth-order valence-electron chi connectivity index (χ4n) is 3.45. The summed E-state index contributed by atoms with van der Waals surface area (Å²) >= 11 is 0. The largest absolute Gasteiger partial charge is 0.0622 e. The van der Waals surface area contributed by atoms with Gasteiger partial charge in [0.2, 0.25) is 0 Å². The molecule has 132 valence electrons. The van der Waals surface area contributed by atoms with E-state index >= 15 is 0 Å². The third-order valence-corrected chi connectivity index (χ3v) is 5.06. The van der Waals surface area contributed by atoms with Gasteiger partial charge in [-0.1, -0.05) is 98.8 Å². The maximum atomic E-state index is 2.30. The molecule has 0 radical (unpaired) electrons. The fourth-order valence-corrected chi connectivity index (χ4v) is 3.45. The predicted octanol–water partition coefficient (Wildman–Crippen LogP) is 7.81. The molecule has 0 aromatic heterocycles. The molecular formula is C27H24. The minimum atomic E-state index is 0.551. The molecule has 27 heavy (non-hydrogen) atoms. The third kappa shape index (κ3) is 3.85. The molecule has 0 spiro atoms. The molecule has 4 aromatic carbocycles. The van der Waals surface area contributed by atoms with Crippen LogP contribution in [-0.4, -0.2) is 0 Å². The van der Waals surface area contributed by atoms with Gasteiger partial charge in [0, 0.05) is 0 Å². The zero-order valence-corrected chi connectivity index (χ0v) is 15.9. The number of hydrogen-bond acceptors (Lipinski definition) is 0. The van der Waals surface area contributed by atoms with E-state index in [1.165, 1.54) is 38.9 Å². The minimum Gasteiger partial charge on any atom is -0.0622 e. The molecule has 0 aliphatic heterocycles. The Hall–Kier alpha value is -3.12. The highest BCUT2D eigenvalue weighted by molar-refractivity contribution is 5.81. The Morgan fingerprint density at radius 3 is 1.15 bits per heavy atom. The van der Waals surface area contributed by atoms with Crippen LogP contribution in [0, 0.1) is 0 Å². The molecule has 0 fully saturated rings. The smallest absolute Gasteiger partial charge is 0.0172 e. The van der Waals surface area contributed by atoms with E-state index in [-0.39, 0.29) is 0 Å². The van der Waals surface area contributed by atoms with E-state index in [4.69, 9.17) is 0 Å². The molecule has 0 bridgehead atoms. The minimum absolute atomic E-state index is 0.551. The highest BCUT2D eigenvalue weighted by Crippen LogP contribution is 2.33. The summed E-state index contributed by atoms with van der Waals surface area (Å²) in [6, 6.07) is 37.1. The molecule has 0 aliphatic rings. The van der Waals surface area contributed by atoms with Gasteiger partial charge >= 0.3 is 0 Å². The number of rotatable bonds is 4. The lowest BCUT2D eigenvalue weighted by atomic mass is 9.92. The maximum absolute atomic E-state index is 2.30. The van der Waals surface area contributed by atoms with Crippen molar-refractivity contribution in [2.45, 2.75) is 19.8 Å². The van der Waals surface area contributed by atoms with Gasteiger partial charge in [-0.3, -0.25) is 0 Å². The molecule has 0 nitrogen and oxygen atoms in total. The van der Waals surface area contributed by atoms with Crippen LogP contribution in [0.25, 0.3) is 33.4 Å². The van der Waals surface area contributed by atoms with Crippen molar-refractivity contribution in [3.8, 4) is 33.4 Å². The average Bonchev–Trinajstić information content (AvgIpc) is 2.75. The lowest BCUT2D eigenvalue weighted by molar-refractivity contribution is 0.867. The van der Waals surface area contributed by atoms with E-state index in [0.29, 0.717) is 5.92 Å². The van der Waals surface area contributed by atoms with E-state index in [2.05, 4.69) is 117 Å². The SMILES string of the molecule is CC(C)c1ccc(-c2cc(-c3ccccc3)cc(-c3ccccc3)c2)cc1. The molecule has 0 saturated heterocycles. The second-order valence-electron chi connectivity index (χ2n) is 7.31. The van der Waals surface area contributed by atoms with Gasteiger partial charge < -0.3 is 0 Å². The average molecular weight is 348 g/mol. The van der Waals surface area contributed by atoms with E-state index in [1.54, 1.807) is 0 Å². The van der Waals surface area contributed by atoms with Crippen molar-refractivity contribution in [1.29, 1.82) is 0 Å². The highest BCUT2D eigenvalue weighted by Gasteiger charge is 2.08. The second-order valence-corrected chi connectivity index (χ2v) is 7.31. The van der Waals surface area contributed by atoms with Crippen LogP contribution in [-0.2, 0) is 0 Å². The zero-order chi connectivity index (χ0) is 18.6. The second kappa shape index (κ2) is 7.63. The van der Waals surface area contributed by atoms with Crippen LogP contribution >= 0.6 is 0 Å². The molecule has 0 unspecified atom stereocenters. The van der Waals surface area contributed by atoms with Crippen LogP contribution in [0.5, 0.6) is 0 Å². The molecule has 0 heterocycles. The van der Waals surface area contributed by atoms with Gasteiger partial charge in [-0.15, -0.1) is 0 Å². The first-order chi connectivity index (χ1) is 13.2. The Kier molecular flexibility index (Phi) is 4.89. The molecule has 4 aromatic rings. The summed E-state index contributed by atoms with van der Waals surface area (Å²) in [6.07, 6.45) is 0. The standard InChI is InChI=1S/C27H24/c1-20(2)21-13-15-24(16-14-21)27-18-25(22-9-5-3-6-10-22)17-26(19-27)23-11-7-4-8-12-23/h3-20H,1-2H3. The molecular weight excluding hydrogens is 324 g/mol. The van der Waals surface area contributed by atoms with Crippen LogP contribution in [0.15, 0.2) is 103 Å². The van der Waals surface area contributed by atoms with E-state index in [1.807, 2.05) is 0 Å². The summed E-state index contributed by atoms with van der Waals surface area (Å²) in [5.74, 6) is 0.551. The van der Waals surface area contributed by atoms with Gasteiger partial charge in [-0.05, 0) is 63.1 Å². The first-order valence-corrected chi connectivity index (χ1v) is 9.57. The molecule has 0 N–H and O–H groups in total. The Morgan fingerprint density at radius 1 is 0.407 bits per heavy atom. The van der Waals surface area contributed by atoms with Crippen molar-refractivity contribution < 1.29 is 0 Å². The summed E-state index contributed by atoms with van der Waals surface area (Å²) in [5, 5.41) is 0. The van der Waals surface area contributed by atoms with Gasteiger partial charge in [0.1, 0.15) is 0 Å². The molecule has 0 saturated carbocycles. The van der Waals surface area contributed by atoms with Gasteiger partial charge in [-0.25, -0.2) is 0 Å². The van der Waals surface area contributed by atoms with Crippen molar-refractivity contribution in [3.05, 3.63) is 109 Å². The third-order valence-electron chi connectivity index (χ3n) is 5.06. The first-order valence-electron chi connectivity index (χ1n) is 9.57. The van der Waals surface area contributed by atoms with E-state index < -0.39 is 0 Å². The Bertz CT molecular complexity index is 953. The Labute approximate surface area is 162 Å². The van der Waals surface area contributed by atoms with E-state index in [9.17, 15) is 0 Å². The normalized spacial score (nSPS) is 10.9. The maximum Gasteiger partial charge on any atom is -0.0172 e. The lowest BCUT2D eigenvalue weighted by Crippen LogP contribution is -1.88. The summed E-state index contributed by atoms with van der Waals surface area (Å²) in [4.78, 5) is 0. The van der Waals surface area contributed by atoms with Gasteiger partial charge in [-0.2, -0.15) is 0 Å². The first kappa shape index (κ1) is 17.3. The summed E-state index contributed by atoms with van der Waals surface area (Å²) in [5.41, 5.74) is 8.88. The fraction of sp³-hybridized carbons (Fsp3) is 0.111. The van der Waals surface area contributed by atoms with Crippen LogP contribution < -0.4 is 0 Å². The molecule has 0 amide bonds. The summed E-state index contributed by atoms with van der Waals surface area (Å²) in [6.45, 7) is 4.47. The van der Waals surface area contributed by atoms with Crippen molar-refractivity contribution in [1.82, 2.24) is 0 Å². The number of benzene rings is 4. The number of hydrogen-bond donors (Lipinski definition) is 0. The van der Waals surface area contributed by atoms with Crippen molar-refractivity contribution in [2.75, 3.05) is 0 Å². The molecule has 4 rings (SSSR count). The highest BCUT2D eigenvalue weighted by atomic mass is 14.1. The zero-order valence-electron chi connectivity index (χ0n) is 15.9. The van der Waals surface area contributed by atoms with E-state index in [0.717, 1.165) is 0 Å². The van der Waals surface area contributed by atoms with Crippen molar-refractivity contribution >= 4 is 0 Å². The predicted molar refractivity (Wildman–Crippen MR) is 117 cm³/mol. The Balaban J connectivity index is 1.85. The van der Waals surface area contributed by atoms with Crippen LogP contribution in [0.4, 0.5) is 0 Å². The van der Waals surface area contributed by atoms with Gasteiger partial charge in [0.25, 0.3) is 0 Å². The molecule has 0 aliphatic carbocycles. The van der Waals surface area contributed by atoms with Crippen LogP contribution in [0.3, 0.4) is 0 Å². The quantitative estimate of drug-likeness (QED) is 0.353. The Morgan fingerprint density at radius 2 is 0.778 bits per heavy atom. The molecule has 0 atom stereocenters. The van der Waals surface area contributed by atoms with Crippen molar-refractivity contribution in [3.63, 3.8) is 0 Å². The van der Waals surface area contributed by atoms with Crippen LogP contribution in [0.2, 0.25) is 0 Å². The van der Waals surface area contributed by atoms with Gasteiger partial charge in [0.15, 0.2) is 0 Å².